The summed E-state index contributed by atoms with van der Waals surface area (Å²) in [5.74, 6) is -0.694. The molecule has 0 aliphatic carbocycles. The topological polar surface area (TPSA) is 97.5 Å². The summed E-state index contributed by atoms with van der Waals surface area (Å²) in [6, 6.07) is 7.10. The summed E-state index contributed by atoms with van der Waals surface area (Å²) in [6.45, 7) is 0.885. The predicted octanol–water partition coefficient (Wildman–Crippen LogP) is 1.56. The summed E-state index contributed by atoms with van der Waals surface area (Å²) in [5.41, 5.74) is -0.194. The highest BCUT2D eigenvalue weighted by Gasteiger charge is 2.13. The lowest BCUT2D eigenvalue weighted by molar-refractivity contribution is -0.130. The molecule has 1 heterocycles. The van der Waals surface area contributed by atoms with Crippen molar-refractivity contribution >= 4 is 23.5 Å². The van der Waals surface area contributed by atoms with Crippen LogP contribution in [0.4, 0.5) is 0 Å². The SMILES string of the molecule is CN(CCCOc1cccc(Cl)c1)C(=O)Cn1cc(C(=O)O)nn1. The maximum absolute atomic E-state index is 12.0. The first-order chi connectivity index (χ1) is 11.5. The van der Waals surface area contributed by atoms with E-state index in [2.05, 4.69) is 10.3 Å². The maximum atomic E-state index is 12.0. The van der Waals surface area contributed by atoms with Gasteiger partial charge in [-0.1, -0.05) is 22.9 Å². The number of likely N-dealkylation sites (N-methyl/N-ethyl adjacent to an activating group) is 1. The van der Waals surface area contributed by atoms with E-state index in [-0.39, 0.29) is 18.1 Å². The van der Waals surface area contributed by atoms with Crippen molar-refractivity contribution < 1.29 is 19.4 Å². The van der Waals surface area contributed by atoms with Crippen LogP contribution in [-0.2, 0) is 11.3 Å². The summed E-state index contributed by atoms with van der Waals surface area (Å²) in [7, 11) is 1.66. The normalized spacial score (nSPS) is 10.4. The molecule has 1 amide bonds. The molecule has 0 fully saturated rings. The molecule has 0 bridgehead atoms. The van der Waals surface area contributed by atoms with Gasteiger partial charge in [0, 0.05) is 18.6 Å². The molecule has 9 heteroatoms. The van der Waals surface area contributed by atoms with E-state index in [4.69, 9.17) is 21.4 Å². The molecule has 24 heavy (non-hydrogen) atoms. The number of halogens is 1. The van der Waals surface area contributed by atoms with Gasteiger partial charge in [0.05, 0.1) is 12.8 Å². The van der Waals surface area contributed by atoms with Gasteiger partial charge in [0.2, 0.25) is 5.91 Å². The van der Waals surface area contributed by atoms with Crippen molar-refractivity contribution in [3.05, 3.63) is 41.2 Å². The van der Waals surface area contributed by atoms with Crippen molar-refractivity contribution in [1.82, 2.24) is 19.9 Å². The van der Waals surface area contributed by atoms with E-state index in [0.717, 1.165) is 0 Å². The minimum Gasteiger partial charge on any atom is -0.493 e. The average molecular weight is 353 g/mol. The largest absolute Gasteiger partial charge is 0.493 e. The number of nitrogens with zero attached hydrogens (tertiary/aromatic N) is 4. The second-order valence-electron chi connectivity index (χ2n) is 5.08. The average Bonchev–Trinajstić information content (AvgIpc) is 3.00. The fourth-order valence-corrected chi connectivity index (χ4v) is 2.09. The monoisotopic (exact) mass is 352 g/mol. The molecule has 0 saturated carbocycles. The van der Waals surface area contributed by atoms with Crippen molar-refractivity contribution in [1.29, 1.82) is 0 Å². The molecule has 1 N–H and O–H groups in total. The number of carboxylic acid groups (broad SMARTS) is 1. The Labute approximate surface area is 143 Å². The van der Waals surface area contributed by atoms with Crippen LogP contribution in [0.5, 0.6) is 5.75 Å². The molecule has 2 rings (SSSR count). The fraction of sp³-hybridized carbons (Fsp3) is 0.333. The van der Waals surface area contributed by atoms with E-state index in [9.17, 15) is 9.59 Å². The number of carbonyl (C=O) groups excluding carboxylic acids is 1. The molecule has 128 valence electrons. The van der Waals surface area contributed by atoms with Crippen LogP contribution in [-0.4, -0.2) is 57.1 Å². The minimum absolute atomic E-state index is 0.0636. The van der Waals surface area contributed by atoms with Crippen LogP contribution in [0.1, 0.15) is 16.9 Å². The van der Waals surface area contributed by atoms with Gasteiger partial charge in [-0.3, -0.25) is 4.79 Å². The van der Waals surface area contributed by atoms with Gasteiger partial charge in [-0.15, -0.1) is 5.10 Å². The Morgan fingerprint density at radius 1 is 1.42 bits per heavy atom. The van der Waals surface area contributed by atoms with Gasteiger partial charge in [0.15, 0.2) is 5.69 Å². The van der Waals surface area contributed by atoms with E-state index in [1.807, 2.05) is 6.07 Å². The zero-order valence-electron chi connectivity index (χ0n) is 13.1. The van der Waals surface area contributed by atoms with Crippen molar-refractivity contribution in [2.45, 2.75) is 13.0 Å². The molecule has 0 saturated heterocycles. The van der Waals surface area contributed by atoms with Crippen LogP contribution in [0.3, 0.4) is 0 Å². The van der Waals surface area contributed by atoms with E-state index < -0.39 is 5.97 Å². The summed E-state index contributed by atoms with van der Waals surface area (Å²) in [5, 5.41) is 16.4. The van der Waals surface area contributed by atoms with Crippen LogP contribution in [0.15, 0.2) is 30.5 Å². The highest BCUT2D eigenvalue weighted by Crippen LogP contribution is 2.17. The standard InChI is InChI=1S/C15H17ClN4O4/c1-19(6-3-7-24-12-5-2-4-11(16)8-12)14(21)10-20-9-13(15(22)23)17-18-20/h2,4-5,8-9H,3,6-7,10H2,1H3,(H,22,23). The minimum atomic E-state index is -1.18. The van der Waals surface area contributed by atoms with E-state index >= 15 is 0 Å². The number of aromatic carboxylic acids is 1. The smallest absolute Gasteiger partial charge is 0.358 e. The van der Waals surface area contributed by atoms with Crippen LogP contribution in [0.2, 0.25) is 5.02 Å². The number of aromatic nitrogens is 3. The molecule has 0 aliphatic rings. The number of hydrogen-bond acceptors (Lipinski definition) is 5. The van der Waals surface area contributed by atoms with Crippen molar-refractivity contribution in [3.63, 3.8) is 0 Å². The van der Waals surface area contributed by atoms with Gasteiger partial charge in [-0.25, -0.2) is 9.48 Å². The van der Waals surface area contributed by atoms with Crippen LogP contribution in [0.25, 0.3) is 0 Å². The number of ether oxygens (including phenoxy) is 1. The van der Waals surface area contributed by atoms with Gasteiger partial charge in [0.1, 0.15) is 12.3 Å². The Balaban J connectivity index is 1.72. The van der Waals surface area contributed by atoms with Crippen LogP contribution < -0.4 is 4.74 Å². The van der Waals surface area contributed by atoms with Gasteiger partial charge in [-0.2, -0.15) is 0 Å². The summed E-state index contributed by atoms with van der Waals surface area (Å²) >= 11 is 5.86. The number of carboxylic acids is 1. The summed E-state index contributed by atoms with van der Waals surface area (Å²) in [6.07, 6.45) is 1.86. The van der Waals surface area contributed by atoms with E-state index in [1.165, 1.54) is 15.8 Å². The highest BCUT2D eigenvalue weighted by molar-refractivity contribution is 6.30. The zero-order chi connectivity index (χ0) is 17.5. The van der Waals surface area contributed by atoms with E-state index in [1.54, 1.807) is 25.2 Å². The lowest BCUT2D eigenvalue weighted by atomic mass is 10.3. The lowest BCUT2D eigenvalue weighted by Gasteiger charge is -2.17. The Bertz CT molecular complexity index is 719. The summed E-state index contributed by atoms with van der Waals surface area (Å²) < 4.78 is 6.75. The van der Waals surface area contributed by atoms with Gasteiger partial charge >= 0.3 is 5.97 Å². The first-order valence-corrected chi connectivity index (χ1v) is 7.59. The van der Waals surface area contributed by atoms with Crippen LogP contribution >= 0.6 is 11.6 Å². The van der Waals surface area contributed by atoms with Crippen LogP contribution in [0, 0.1) is 0 Å². The third-order valence-electron chi connectivity index (χ3n) is 3.18. The Kier molecular flexibility index (Phi) is 6.14. The number of hydrogen-bond donors (Lipinski definition) is 1. The Hall–Kier alpha value is -2.61. The maximum Gasteiger partial charge on any atom is 0.358 e. The highest BCUT2D eigenvalue weighted by atomic mass is 35.5. The van der Waals surface area contributed by atoms with Gasteiger partial charge in [-0.05, 0) is 24.6 Å². The molecule has 1 aromatic carbocycles. The molecule has 0 radical (unpaired) electrons. The van der Waals surface area contributed by atoms with Crippen molar-refractivity contribution in [3.8, 4) is 5.75 Å². The molecule has 0 atom stereocenters. The first kappa shape index (κ1) is 17.7. The predicted molar refractivity (Wildman–Crippen MR) is 86.2 cm³/mol. The summed E-state index contributed by atoms with van der Waals surface area (Å²) in [4.78, 5) is 24.3. The Morgan fingerprint density at radius 2 is 2.21 bits per heavy atom. The molecule has 1 aromatic heterocycles. The Morgan fingerprint density at radius 3 is 2.88 bits per heavy atom. The molecular weight excluding hydrogens is 336 g/mol. The second-order valence-corrected chi connectivity index (χ2v) is 5.52. The van der Waals surface area contributed by atoms with Gasteiger partial charge in [0.25, 0.3) is 0 Å². The number of carbonyl (C=O) groups is 2. The van der Waals surface area contributed by atoms with Crippen molar-refractivity contribution in [2.75, 3.05) is 20.2 Å². The number of benzene rings is 1. The lowest BCUT2D eigenvalue weighted by Crippen LogP contribution is -2.32. The third-order valence-corrected chi connectivity index (χ3v) is 3.42. The molecule has 2 aromatic rings. The number of amides is 1. The van der Waals surface area contributed by atoms with E-state index in [0.29, 0.717) is 30.3 Å². The zero-order valence-corrected chi connectivity index (χ0v) is 13.8. The van der Waals surface area contributed by atoms with Gasteiger partial charge < -0.3 is 14.7 Å². The molecule has 0 aliphatic heterocycles. The molecular formula is C15H17ClN4O4. The van der Waals surface area contributed by atoms with Crippen molar-refractivity contribution in [2.24, 2.45) is 0 Å². The fourth-order valence-electron chi connectivity index (χ4n) is 1.91. The number of rotatable bonds is 8. The first-order valence-electron chi connectivity index (χ1n) is 7.21. The second kappa shape index (κ2) is 8.30. The quantitative estimate of drug-likeness (QED) is 0.724. The molecule has 8 nitrogen and oxygen atoms in total. The third kappa shape index (κ3) is 5.24. The molecule has 0 spiro atoms. The molecule has 0 unspecified atom stereocenters.